The Labute approximate surface area is 150 Å². The van der Waals surface area contributed by atoms with Gasteiger partial charge in [-0.3, -0.25) is 14.9 Å². The van der Waals surface area contributed by atoms with E-state index in [1.807, 2.05) is 6.92 Å². The number of nitro groups is 1. The van der Waals surface area contributed by atoms with Gasteiger partial charge in [0, 0.05) is 17.7 Å². The van der Waals surface area contributed by atoms with Crippen LogP contribution in [0.2, 0.25) is 0 Å². The van der Waals surface area contributed by atoms with Crippen molar-refractivity contribution in [1.29, 1.82) is 0 Å². The zero-order valence-electron chi connectivity index (χ0n) is 14.2. The summed E-state index contributed by atoms with van der Waals surface area (Å²) in [5, 5.41) is 13.4. The van der Waals surface area contributed by atoms with Crippen molar-refractivity contribution in [3.63, 3.8) is 0 Å². The van der Waals surface area contributed by atoms with Crippen LogP contribution in [0.4, 0.5) is 5.69 Å². The molecule has 0 spiro atoms. The van der Waals surface area contributed by atoms with Gasteiger partial charge in [0.2, 0.25) is 0 Å². The van der Waals surface area contributed by atoms with Gasteiger partial charge in [0.05, 0.1) is 11.5 Å². The lowest BCUT2D eigenvalue weighted by molar-refractivity contribution is -0.384. The minimum absolute atomic E-state index is 0.0900. The summed E-state index contributed by atoms with van der Waals surface area (Å²) >= 11 is 0. The van der Waals surface area contributed by atoms with Gasteiger partial charge in [0.25, 0.3) is 11.6 Å². The molecule has 0 aliphatic rings. The van der Waals surface area contributed by atoms with E-state index >= 15 is 0 Å². The van der Waals surface area contributed by atoms with Gasteiger partial charge in [0.15, 0.2) is 0 Å². The summed E-state index contributed by atoms with van der Waals surface area (Å²) in [7, 11) is 0. The molecule has 0 saturated heterocycles. The first-order chi connectivity index (χ1) is 12.5. The number of nitrogens with zero attached hydrogens (tertiary/aromatic N) is 1. The van der Waals surface area contributed by atoms with Crippen LogP contribution in [-0.4, -0.2) is 23.4 Å². The summed E-state index contributed by atoms with van der Waals surface area (Å²) < 4.78 is 5.08. The Kier molecular flexibility index (Phi) is 6.61. The maximum absolute atomic E-state index is 12.3. The summed E-state index contributed by atoms with van der Waals surface area (Å²) in [6.07, 6.45) is 1.98. The van der Waals surface area contributed by atoms with Crippen molar-refractivity contribution < 1.29 is 19.2 Å². The molecule has 1 amide bonds. The predicted octanol–water partition coefficient (Wildman–Crippen LogP) is 3.32. The first kappa shape index (κ1) is 18.9. The van der Waals surface area contributed by atoms with E-state index in [0.29, 0.717) is 17.5 Å². The van der Waals surface area contributed by atoms with Gasteiger partial charge in [-0.2, -0.15) is 0 Å². The molecule has 0 atom stereocenters. The van der Waals surface area contributed by atoms with Crippen LogP contribution >= 0.6 is 0 Å². The Hall–Kier alpha value is -3.48. The van der Waals surface area contributed by atoms with Crippen LogP contribution in [0.3, 0.4) is 0 Å². The lowest BCUT2D eigenvalue weighted by atomic mass is 10.1. The molecular formula is C19H18N2O5. The van der Waals surface area contributed by atoms with E-state index in [-0.39, 0.29) is 18.0 Å². The number of esters is 1. The van der Waals surface area contributed by atoms with Crippen molar-refractivity contribution in [2.24, 2.45) is 0 Å². The van der Waals surface area contributed by atoms with Gasteiger partial charge in [0.1, 0.15) is 5.70 Å². The molecular weight excluding hydrogens is 336 g/mol. The molecule has 0 radical (unpaired) electrons. The zero-order chi connectivity index (χ0) is 18.9. The molecule has 0 saturated carbocycles. The molecule has 0 aliphatic carbocycles. The maximum Gasteiger partial charge on any atom is 0.354 e. The third-order valence-corrected chi connectivity index (χ3v) is 3.33. The third-order valence-electron chi connectivity index (χ3n) is 3.33. The highest BCUT2D eigenvalue weighted by atomic mass is 16.6. The Morgan fingerprint density at radius 3 is 2.54 bits per heavy atom. The van der Waals surface area contributed by atoms with Crippen molar-refractivity contribution in [1.82, 2.24) is 5.32 Å². The number of non-ortho nitro benzene ring substituents is 1. The SMILES string of the molecule is CCCOC(=O)/C(=C/c1cccc([N+](=O)[O-])c1)NC(=O)c1ccccc1. The van der Waals surface area contributed by atoms with Crippen LogP contribution < -0.4 is 5.32 Å². The molecule has 0 aliphatic heterocycles. The van der Waals surface area contributed by atoms with E-state index in [4.69, 9.17) is 4.74 Å². The highest BCUT2D eigenvalue weighted by Crippen LogP contribution is 2.16. The number of hydrogen-bond donors (Lipinski definition) is 1. The number of nitrogens with one attached hydrogen (secondary N) is 1. The normalized spacial score (nSPS) is 10.9. The van der Waals surface area contributed by atoms with Crippen molar-refractivity contribution in [2.45, 2.75) is 13.3 Å². The van der Waals surface area contributed by atoms with Crippen molar-refractivity contribution >= 4 is 23.6 Å². The second-order valence-corrected chi connectivity index (χ2v) is 5.37. The molecule has 2 aromatic carbocycles. The Balaban J connectivity index is 2.31. The van der Waals surface area contributed by atoms with E-state index in [2.05, 4.69) is 5.32 Å². The fraction of sp³-hybridized carbons (Fsp3) is 0.158. The quantitative estimate of drug-likeness (QED) is 0.356. The fourth-order valence-electron chi connectivity index (χ4n) is 2.10. The van der Waals surface area contributed by atoms with E-state index in [1.165, 1.54) is 24.3 Å². The minimum atomic E-state index is -0.706. The van der Waals surface area contributed by atoms with Gasteiger partial charge in [-0.15, -0.1) is 0 Å². The van der Waals surface area contributed by atoms with E-state index in [1.54, 1.807) is 36.4 Å². The number of benzene rings is 2. The van der Waals surface area contributed by atoms with Gasteiger partial charge < -0.3 is 10.1 Å². The first-order valence-electron chi connectivity index (χ1n) is 8.01. The smallest absolute Gasteiger partial charge is 0.354 e. The molecule has 0 unspecified atom stereocenters. The summed E-state index contributed by atoms with van der Waals surface area (Å²) in [6.45, 7) is 2.05. The van der Waals surface area contributed by atoms with E-state index < -0.39 is 16.8 Å². The Bertz CT molecular complexity index is 831. The number of carbonyl (C=O) groups is 2. The van der Waals surface area contributed by atoms with Crippen LogP contribution in [0.25, 0.3) is 6.08 Å². The second kappa shape index (κ2) is 9.12. The van der Waals surface area contributed by atoms with Gasteiger partial charge in [-0.25, -0.2) is 4.79 Å². The molecule has 0 aromatic heterocycles. The number of hydrogen-bond acceptors (Lipinski definition) is 5. The van der Waals surface area contributed by atoms with Crippen LogP contribution in [0, 0.1) is 10.1 Å². The fourth-order valence-corrected chi connectivity index (χ4v) is 2.10. The molecule has 26 heavy (non-hydrogen) atoms. The topological polar surface area (TPSA) is 98.5 Å². The lowest BCUT2D eigenvalue weighted by Crippen LogP contribution is -2.28. The van der Waals surface area contributed by atoms with Gasteiger partial charge in [-0.05, 0) is 30.2 Å². The second-order valence-electron chi connectivity index (χ2n) is 5.37. The van der Waals surface area contributed by atoms with Crippen LogP contribution in [0.1, 0.15) is 29.3 Å². The van der Waals surface area contributed by atoms with Crippen molar-refractivity contribution in [3.05, 3.63) is 81.5 Å². The molecule has 2 rings (SSSR count). The monoisotopic (exact) mass is 354 g/mol. The molecule has 2 aromatic rings. The number of nitro benzene ring substituents is 1. The number of rotatable bonds is 7. The molecule has 0 fully saturated rings. The largest absolute Gasteiger partial charge is 0.461 e. The summed E-state index contributed by atoms with van der Waals surface area (Å²) in [5.41, 5.74) is 0.568. The third kappa shape index (κ3) is 5.27. The molecule has 7 nitrogen and oxygen atoms in total. The van der Waals surface area contributed by atoms with Crippen LogP contribution in [-0.2, 0) is 9.53 Å². The minimum Gasteiger partial charge on any atom is -0.461 e. The lowest BCUT2D eigenvalue weighted by Gasteiger charge is -2.10. The highest BCUT2D eigenvalue weighted by molar-refractivity contribution is 6.03. The number of ether oxygens (including phenoxy) is 1. The summed E-state index contributed by atoms with van der Waals surface area (Å²) in [5.74, 6) is -1.18. The van der Waals surface area contributed by atoms with Crippen LogP contribution in [0.5, 0.6) is 0 Å². The Morgan fingerprint density at radius 2 is 1.88 bits per heavy atom. The average molecular weight is 354 g/mol. The van der Waals surface area contributed by atoms with Gasteiger partial charge in [-0.1, -0.05) is 37.3 Å². The van der Waals surface area contributed by atoms with Crippen molar-refractivity contribution in [3.8, 4) is 0 Å². The average Bonchev–Trinajstić information content (AvgIpc) is 2.66. The molecule has 1 N–H and O–H groups in total. The Morgan fingerprint density at radius 1 is 1.15 bits per heavy atom. The van der Waals surface area contributed by atoms with Gasteiger partial charge >= 0.3 is 5.97 Å². The zero-order valence-corrected chi connectivity index (χ0v) is 14.2. The molecule has 0 heterocycles. The van der Waals surface area contributed by atoms with E-state index in [0.717, 1.165) is 0 Å². The summed E-state index contributed by atoms with van der Waals surface area (Å²) in [4.78, 5) is 35.0. The molecule has 134 valence electrons. The number of carbonyl (C=O) groups excluding carboxylic acids is 2. The van der Waals surface area contributed by atoms with Crippen molar-refractivity contribution in [2.75, 3.05) is 6.61 Å². The first-order valence-corrected chi connectivity index (χ1v) is 8.01. The molecule has 7 heteroatoms. The highest BCUT2D eigenvalue weighted by Gasteiger charge is 2.16. The maximum atomic E-state index is 12.3. The number of amides is 1. The molecule has 0 bridgehead atoms. The van der Waals surface area contributed by atoms with Crippen LogP contribution in [0.15, 0.2) is 60.3 Å². The standard InChI is InChI=1S/C19H18N2O5/c1-2-11-26-19(23)17(20-18(22)15-8-4-3-5-9-15)13-14-7-6-10-16(12-14)21(24)25/h3-10,12-13H,2,11H2,1H3,(H,20,22)/b17-13-. The predicted molar refractivity (Wildman–Crippen MR) is 96.2 cm³/mol. The summed E-state index contributed by atoms with van der Waals surface area (Å²) in [6, 6.07) is 14.1. The van der Waals surface area contributed by atoms with E-state index in [9.17, 15) is 19.7 Å².